The first-order chi connectivity index (χ1) is 10.7. The Hall–Kier alpha value is -0.900. The minimum Gasteiger partial charge on any atom is -0.301 e. The van der Waals surface area contributed by atoms with Gasteiger partial charge in [-0.1, -0.05) is 30.7 Å². The van der Waals surface area contributed by atoms with Crippen LogP contribution in [0.3, 0.4) is 0 Å². The summed E-state index contributed by atoms with van der Waals surface area (Å²) in [5.74, 6) is 0. The molecule has 122 valence electrons. The van der Waals surface area contributed by atoms with Crippen molar-refractivity contribution >= 4 is 0 Å². The highest BCUT2D eigenvalue weighted by molar-refractivity contribution is 5.30. The van der Waals surface area contributed by atoms with Gasteiger partial charge in [-0.15, -0.1) is 0 Å². The molecule has 22 heavy (non-hydrogen) atoms. The normalized spacial score (nSPS) is 25.0. The van der Waals surface area contributed by atoms with E-state index in [1.807, 2.05) is 0 Å². The molecule has 1 aromatic carbocycles. The summed E-state index contributed by atoms with van der Waals surface area (Å²) < 4.78 is 0. The molecule has 2 heterocycles. The van der Waals surface area contributed by atoms with Crippen molar-refractivity contribution in [3.8, 4) is 0 Å². The molecule has 0 bridgehead atoms. The lowest BCUT2D eigenvalue weighted by molar-refractivity contribution is 0.101. The molecule has 0 saturated carbocycles. The van der Waals surface area contributed by atoms with Crippen LogP contribution < -0.4 is 0 Å². The predicted octanol–water partition coefficient (Wildman–Crippen LogP) is 2.52. The third kappa shape index (κ3) is 3.70. The molecule has 0 N–H and O–H groups in total. The highest BCUT2D eigenvalue weighted by Gasteiger charge is 2.29. The van der Waals surface area contributed by atoms with Crippen LogP contribution >= 0.6 is 0 Å². The number of likely N-dealkylation sites (tertiary alicyclic amines) is 1. The maximum atomic E-state index is 2.73. The number of piperazine rings is 1. The van der Waals surface area contributed by atoms with Crippen LogP contribution in [0.1, 0.15) is 30.0 Å². The Morgan fingerprint density at radius 2 is 1.77 bits per heavy atom. The number of benzene rings is 1. The number of rotatable bonds is 4. The fourth-order valence-electron chi connectivity index (χ4n) is 3.96. The van der Waals surface area contributed by atoms with E-state index in [1.165, 1.54) is 68.9 Å². The molecule has 1 atom stereocenters. The highest BCUT2D eigenvalue weighted by atomic mass is 15.3. The molecular formula is C19H31N3. The van der Waals surface area contributed by atoms with Crippen LogP contribution in [0.4, 0.5) is 0 Å². The lowest BCUT2D eigenvalue weighted by atomic mass is 10.1. The van der Waals surface area contributed by atoms with Crippen LogP contribution in [0.2, 0.25) is 0 Å². The van der Waals surface area contributed by atoms with Crippen molar-refractivity contribution in [2.24, 2.45) is 0 Å². The zero-order valence-corrected chi connectivity index (χ0v) is 14.5. The van der Waals surface area contributed by atoms with Gasteiger partial charge in [0, 0.05) is 51.9 Å². The molecule has 2 aliphatic heterocycles. The standard InChI is InChI=1S/C19H31N3/c1-4-20-9-11-22(12-10-20)19-7-8-21(15-19)14-18-6-5-16(2)13-17(18)3/h5-6,13,19H,4,7-12,14-15H2,1-3H3. The van der Waals surface area contributed by atoms with Gasteiger partial charge in [-0.05, 0) is 37.9 Å². The second-order valence-electron chi connectivity index (χ2n) is 7.08. The van der Waals surface area contributed by atoms with Gasteiger partial charge in [-0.3, -0.25) is 9.80 Å². The van der Waals surface area contributed by atoms with Gasteiger partial charge in [0.05, 0.1) is 0 Å². The smallest absolute Gasteiger partial charge is 0.0237 e. The summed E-state index contributed by atoms with van der Waals surface area (Å²) in [6, 6.07) is 7.66. The minimum absolute atomic E-state index is 0.782. The Kier molecular flexibility index (Phi) is 5.17. The van der Waals surface area contributed by atoms with Crippen molar-refractivity contribution in [2.45, 2.75) is 39.8 Å². The van der Waals surface area contributed by atoms with Gasteiger partial charge in [-0.2, -0.15) is 0 Å². The fourth-order valence-corrected chi connectivity index (χ4v) is 3.96. The molecular weight excluding hydrogens is 270 g/mol. The van der Waals surface area contributed by atoms with E-state index in [1.54, 1.807) is 0 Å². The molecule has 2 saturated heterocycles. The van der Waals surface area contributed by atoms with Crippen molar-refractivity contribution in [1.29, 1.82) is 0 Å². The molecule has 1 aromatic rings. The van der Waals surface area contributed by atoms with Gasteiger partial charge in [0.25, 0.3) is 0 Å². The van der Waals surface area contributed by atoms with E-state index in [0.29, 0.717) is 0 Å². The van der Waals surface area contributed by atoms with Gasteiger partial charge in [0.1, 0.15) is 0 Å². The first kappa shape index (κ1) is 16.0. The molecule has 0 amide bonds. The average Bonchev–Trinajstić information content (AvgIpc) is 2.99. The summed E-state index contributed by atoms with van der Waals surface area (Å²) in [5, 5.41) is 0. The van der Waals surface area contributed by atoms with E-state index >= 15 is 0 Å². The maximum Gasteiger partial charge on any atom is 0.0237 e. The highest BCUT2D eigenvalue weighted by Crippen LogP contribution is 2.21. The summed E-state index contributed by atoms with van der Waals surface area (Å²) in [7, 11) is 0. The monoisotopic (exact) mass is 301 g/mol. The molecule has 3 rings (SSSR count). The molecule has 0 radical (unpaired) electrons. The molecule has 1 unspecified atom stereocenters. The van der Waals surface area contributed by atoms with Crippen molar-refractivity contribution in [2.75, 3.05) is 45.8 Å². The summed E-state index contributed by atoms with van der Waals surface area (Å²) in [6.45, 7) is 16.6. The molecule has 2 aliphatic rings. The van der Waals surface area contributed by atoms with Gasteiger partial charge in [0.2, 0.25) is 0 Å². The number of aryl methyl sites for hydroxylation is 2. The predicted molar refractivity (Wildman–Crippen MR) is 93.3 cm³/mol. The van der Waals surface area contributed by atoms with Gasteiger partial charge in [-0.25, -0.2) is 0 Å². The van der Waals surface area contributed by atoms with E-state index in [9.17, 15) is 0 Å². The number of hydrogen-bond donors (Lipinski definition) is 0. The maximum absolute atomic E-state index is 2.73. The zero-order valence-electron chi connectivity index (χ0n) is 14.5. The first-order valence-corrected chi connectivity index (χ1v) is 8.90. The molecule has 3 nitrogen and oxygen atoms in total. The second-order valence-corrected chi connectivity index (χ2v) is 7.08. The van der Waals surface area contributed by atoms with Gasteiger partial charge >= 0.3 is 0 Å². The van der Waals surface area contributed by atoms with Crippen LogP contribution in [0.15, 0.2) is 18.2 Å². The van der Waals surface area contributed by atoms with Crippen molar-refractivity contribution in [1.82, 2.24) is 14.7 Å². The van der Waals surface area contributed by atoms with Crippen LogP contribution in [0.25, 0.3) is 0 Å². The Labute approximate surface area is 135 Å². The van der Waals surface area contributed by atoms with Crippen LogP contribution in [0.5, 0.6) is 0 Å². The summed E-state index contributed by atoms with van der Waals surface area (Å²) in [6.07, 6.45) is 1.34. The van der Waals surface area contributed by atoms with E-state index in [0.717, 1.165) is 12.6 Å². The average molecular weight is 301 g/mol. The van der Waals surface area contributed by atoms with E-state index < -0.39 is 0 Å². The summed E-state index contributed by atoms with van der Waals surface area (Å²) in [5.41, 5.74) is 4.32. The van der Waals surface area contributed by atoms with Crippen molar-refractivity contribution in [3.05, 3.63) is 34.9 Å². The third-order valence-corrected chi connectivity index (χ3v) is 5.51. The summed E-state index contributed by atoms with van der Waals surface area (Å²) in [4.78, 5) is 7.95. The third-order valence-electron chi connectivity index (χ3n) is 5.51. The molecule has 3 heteroatoms. The van der Waals surface area contributed by atoms with E-state index in [2.05, 4.69) is 53.7 Å². The first-order valence-electron chi connectivity index (χ1n) is 8.90. The molecule has 0 aromatic heterocycles. The van der Waals surface area contributed by atoms with Crippen LogP contribution in [-0.2, 0) is 6.54 Å². The lowest BCUT2D eigenvalue weighted by Gasteiger charge is -2.37. The fraction of sp³-hybridized carbons (Fsp3) is 0.684. The van der Waals surface area contributed by atoms with Gasteiger partial charge < -0.3 is 4.90 Å². The topological polar surface area (TPSA) is 9.72 Å². The van der Waals surface area contributed by atoms with Crippen molar-refractivity contribution < 1.29 is 0 Å². The van der Waals surface area contributed by atoms with Gasteiger partial charge in [0.15, 0.2) is 0 Å². The number of nitrogens with zero attached hydrogens (tertiary/aromatic N) is 3. The Morgan fingerprint density at radius 1 is 1.00 bits per heavy atom. The Balaban J connectivity index is 1.52. The largest absolute Gasteiger partial charge is 0.301 e. The minimum atomic E-state index is 0.782. The van der Waals surface area contributed by atoms with Crippen molar-refractivity contribution in [3.63, 3.8) is 0 Å². The molecule has 0 aliphatic carbocycles. The lowest BCUT2D eigenvalue weighted by Crippen LogP contribution is -2.50. The quantitative estimate of drug-likeness (QED) is 0.846. The number of likely N-dealkylation sites (N-methyl/N-ethyl adjacent to an activating group) is 1. The molecule has 0 spiro atoms. The van der Waals surface area contributed by atoms with Crippen LogP contribution in [-0.4, -0.2) is 66.6 Å². The second kappa shape index (κ2) is 7.12. The molecule has 2 fully saturated rings. The van der Waals surface area contributed by atoms with E-state index in [-0.39, 0.29) is 0 Å². The van der Waals surface area contributed by atoms with Crippen LogP contribution in [0, 0.1) is 13.8 Å². The Bertz CT molecular complexity index is 491. The zero-order chi connectivity index (χ0) is 15.5. The summed E-state index contributed by atoms with van der Waals surface area (Å²) >= 11 is 0. The Morgan fingerprint density at radius 3 is 2.45 bits per heavy atom. The van der Waals surface area contributed by atoms with E-state index in [4.69, 9.17) is 0 Å². The SMILES string of the molecule is CCN1CCN(C2CCN(Cc3ccc(C)cc3C)C2)CC1. The number of hydrogen-bond acceptors (Lipinski definition) is 3.